The highest BCUT2D eigenvalue weighted by Gasteiger charge is 2.36. The van der Waals surface area contributed by atoms with E-state index in [1.54, 1.807) is 0 Å². The number of halogens is 3. The molecule has 9 heteroatoms. The van der Waals surface area contributed by atoms with Crippen LogP contribution in [0.25, 0.3) is 0 Å². The zero-order chi connectivity index (χ0) is 24.3. The maximum atomic E-state index is 13.0. The number of carbonyl (C=O) groups is 2. The minimum Gasteiger partial charge on any atom is -0.376 e. The minimum atomic E-state index is -4.50. The van der Waals surface area contributed by atoms with Crippen LogP contribution in [0.15, 0.2) is 48.5 Å². The molecule has 0 aliphatic carbocycles. The van der Waals surface area contributed by atoms with Crippen molar-refractivity contribution in [3.05, 3.63) is 65.2 Å². The molecule has 0 spiro atoms. The second-order valence-electron chi connectivity index (χ2n) is 8.91. The maximum Gasteiger partial charge on any atom is 0.416 e. The topological polar surface area (TPSA) is 61.9 Å². The van der Waals surface area contributed by atoms with Gasteiger partial charge in [0.15, 0.2) is 0 Å². The van der Waals surface area contributed by atoms with E-state index in [2.05, 4.69) is 23.2 Å². The van der Waals surface area contributed by atoms with Crippen LogP contribution in [0.4, 0.5) is 18.9 Å². The number of ether oxygens (including phenoxy) is 1. The molecule has 0 bridgehead atoms. The van der Waals surface area contributed by atoms with Crippen LogP contribution in [0.2, 0.25) is 0 Å². The van der Waals surface area contributed by atoms with Crippen LogP contribution in [-0.2, 0) is 33.6 Å². The van der Waals surface area contributed by atoms with E-state index in [0.717, 1.165) is 42.9 Å². The van der Waals surface area contributed by atoms with Gasteiger partial charge in [-0.05, 0) is 36.2 Å². The maximum absolute atomic E-state index is 13.0. The van der Waals surface area contributed by atoms with Gasteiger partial charge in [0.1, 0.15) is 0 Å². The summed E-state index contributed by atoms with van der Waals surface area (Å²) in [7, 11) is 0. The SMILES string of the molecule is CC1CN(Cc2cccc(CNC(=O)C3CC(=O)N(c4cccc(C(F)(F)F)c4)C3)c2)CCO1. The Kier molecular flexibility index (Phi) is 7.23. The van der Waals surface area contributed by atoms with Gasteiger partial charge in [-0.2, -0.15) is 13.2 Å². The number of benzene rings is 2. The van der Waals surface area contributed by atoms with Crippen LogP contribution < -0.4 is 10.2 Å². The summed E-state index contributed by atoms with van der Waals surface area (Å²) in [5.41, 5.74) is 1.43. The summed E-state index contributed by atoms with van der Waals surface area (Å²) in [6.07, 6.45) is -4.32. The number of nitrogens with one attached hydrogen (secondary N) is 1. The number of alkyl halides is 3. The van der Waals surface area contributed by atoms with Crippen molar-refractivity contribution in [2.45, 2.75) is 38.7 Å². The molecule has 2 unspecified atom stereocenters. The van der Waals surface area contributed by atoms with Gasteiger partial charge < -0.3 is 15.0 Å². The van der Waals surface area contributed by atoms with E-state index >= 15 is 0 Å². The van der Waals surface area contributed by atoms with E-state index in [-0.39, 0.29) is 36.6 Å². The zero-order valence-corrected chi connectivity index (χ0v) is 19.0. The number of hydrogen-bond donors (Lipinski definition) is 1. The molecular weight excluding hydrogens is 447 g/mol. The van der Waals surface area contributed by atoms with E-state index in [4.69, 9.17) is 4.74 Å². The van der Waals surface area contributed by atoms with Crippen molar-refractivity contribution in [3.63, 3.8) is 0 Å². The Hall–Kier alpha value is -2.91. The molecule has 2 aliphatic heterocycles. The predicted octanol–water partition coefficient (Wildman–Crippen LogP) is 3.60. The average Bonchev–Trinajstić information content (AvgIpc) is 3.19. The van der Waals surface area contributed by atoms with Gasteiger partial charge >= 0.3 is 6.18 Å². The highest BCUT2D eigenvalue weighted by Crippen LogP contribution is 2.33. The highest BCUT2D eigenvalue weighted by molar-refractivity contribution is 6.00. The second-order valence-corrected chi connectivity index (χ2v) is 8.91. The quantitative estimate of drug-likeness (QED) is 0.694. The van der Waals surface area contributed by atoms with Crippen molar-refractivity contribution in [1.29, 1.82) is 0 Å². The van der Waals surface area contributed by atoms with Gasteiger partial charge in [0.2, 0.25) is 11.8 Å². The summed E-state index contributed by atoms with van der Waals surface area (Å²) < 4.78 is 44.6. The first-order chi connectivity index (χ1) is 16.2. The average molecular weight is 476 g/mol. The lowest BCUT2D eigenvalue weighted by molar-refractivity contribution is -0.137. The number of nitrogens with zero attached hydrogens (tertiary/aromatic N) is 2. The number of hydrogen-bond acceptors (Lipinski definition) is 4. The molecule has 2 heterocycles. The first-order valence-corrected chi connectivity index (χ1v) is 11.4. The van der Waals surface area contributed by atoms with Crippen LogP contribution in [0.5, 0.6) is 0 Å². The van der Waals surface area contributed by atoms with Gasteiger partial charge in [-0.25, -0.2) is 0 Å². The van der Waals surface area contributed by atoms with Crippen molar-refractivity contribution < 1.29 is 27.5 Å². The molecule has 0 saturated carbocycles. The number of rotatable bonds is 6. The summed E-state index contributed by atoms with van der Waals surface area (Å²) >= 11 is 0. The molecule has 2 saturated heterocycles. The summed E-state index contributed by atoms with van der Waals surface area (Å²) in [5.74, 6) is -1.25. The molecule has 0 aromatic heterocycles. The van der Waals surface area contributed by atoms with Crippen molar-refractivity contribution >= 4 is 17.5 Å². The molecule has 1 N–H and O–H groups in total. The molecule has 2 aromatic carbocycles. The fraction of sp³-hybridized carbons (Fsp3) is 0.440. The number of anilines is 1. The fourth-order valence-electron chi connectivity index (χ4n) is 4.45. The zero-order valence-electron chi connectivity index (χ0n) is 19.0. The van der Waals surface area contributed by atoms with Crippen molar-refractivity contribution in [3.8, 4) is 0 Å². The third-order valence-electron chi connectivity index (χ3n) is 6.17. The van der Waals surface area contributed by atoms with E-state index in [1.165, 1.54) is 17.0 Å². The number of amides is 2. The first kappa shape index (κ1) is 24.2. The minimum absolute atomic E-state index is 0.0304. The molecule has 34 heavy (non-hydrogen) atoms. The molecule has 4 rings (SSSR count). The van der Waals surface area contributed by atoms with E-state index < -0.39 is 17.7 Å². The Labute approximate surface area is 196 Å². The standard InChI is InChI=1S/C25H28F3N3O3/c1-17-14-30(8-9-34-17)15-19-5-2-4-18(10-19)13-29-24(33)20-11-23(32)31(16-20)22-7-3-6-21(12-22)25(26,27)28/h2-7,10,12,17,20H,8-9,11,13-16H2,1H3,(H,29,33). The molecule has 182 valence electrons. The lowest BCUT2D eigenvalue weighted by atomic mass is 10.1. The molecule has 2 aromatic rings. The van der Waals surface area contributed by atoms with Crippen LogP contribution in [0.1, 0.15) is 30.0 Å². The normalized spacial score (nSPS) is 21.6. The third-order valence-corrected chi connectivity index (χ3v) is 6.17. The Morgan fingerprint density at radius 3 is 2.65 bits per heavy atom. The van der Waals surface area contributed by atoms with E-state index in [9.17, 15) is 22.8 Å². The largest absolute Gasteiger partial charge is 0.416 e. The van der Waals surface area contributed by atoms with Gasteiger partial charge in [0, 0.05) is 44.8 Å². The van der Waals surface area contributed by atoms with Gasteiger partial charge in [0.05, 0.1) is 24.2 Å². The van der Waals surface area contributed by atoms with Crippen molar-refractivity contribution in [2.24, 2.45) is 5.92 Å². The molecular formula is C25H28F3N3O3. The monoisotopic (exact) mass is 475 g/mol. The molecule has 2 aliphatic rings. The van der Waals surface area contributed by atoms with Gasteiger partial charge in [-0.1, -0.05) is 30.3 Å². The Bertz CT molecular complexity index is 1040. The summed E-state index contributed by atoms with van der Waals surface area (Å²) in [6.45, 7) is 5.71. The Balaban J connectivity index is 1.33. The summed E-state index contributed by atoms with van der Waals surface area (Å²) in [4.78, 5) is 28.7. The van der Waals surface area contributed by atoms with Crippen LogP contribution in [0.3, 0.4) is 0 Å². The first-order valence-electron chi connectivity index (χ1n) is 11.4. The van der Waals surface area contributed by atoms with Crippen LogP contribution in [0, 0.1) is 5.92 Å². The Morgan fingerprint density at radius 1 is 1.12 bits per heavy atom. The molecule has 6 nitrogen and oxygen atoms in total. The fourth-order valence-corrected chi connectivity index (χ4v) is 4.45. The van der Waals surface area contributed by atoms with Crippen molar-refractivity contribution in [1.82, 2.24) is 10.2 Å². The van der Waals surface area contributed by atoms with E-state index in [1.807, 2.05) is 18.2 Å². The van der Waals surface area contributed by atoms with Gasteiger partial charge in [-0.3, -0.25) is 14.5 Å². The van der Waals surface area contributed by atoms with Crippen molar-refractivity contribution in [2.75, 3.05) is 31.1 Å². The smallest absolute Gasteiger partial charge is 0.376 e. The van der Waals surface area contributed by atoms with Crippen LogP contribution >= 0.6 is 0 Å². The molecule has 0 radical (unpaired) electrons. The predicted molar refractivity (Wildman–Crippen MR) is 121 cm³/mol. The van der Waals surface area contributed by atoms with Crippen LogP contribution in [-0.4, -0.2) is 49.1 Å². The summed E-state index contributed by atoms with van der Waals surface area (Å²) in [6, 6.07) is 12.6. The summed E-state index contributed by atoms with van der Waals surface area (Å²) in [5, 5.41) is 2.88. The van der Waals surface area contributed by atoms with Gasteiger partial charge in [-0.15, -0.1) is 0 Å². The lowest BCUT2D eigenvalue weighted by Gasteiger charge is -2.31. The number of morpholine rings is 1. The molecule has 2 amide bonds. The molecule has 2 atom stereocenters. The third kappa shape index (κ3) is 5.95. The highest BCUT2D eigenvalue weighted by atomic mass is 19.4. The molecule has 2 fully saturated rings. The van der Waals surface area contributed by atoms with E-state index in [0.29, 0.717) is 13.2 Å². The second kappa shape index (κ2) is 10.1. The lowest BCUT2D eigenvalue weighted by Crippen LogP contribution is -2.40. The number of carbonyl (C=O) groups excluding carboxylic acids is 2. The Morgan fingerprint density at radius 2 is 1.88 bits per heavy atom. The van der Waals surface area contributed by atoms with Gasteiger partial charge in [0.25, 0.3) is 0 Å².